The van der Waals surface area contributed by atoms with Crippen LogP contribution < -0.4 is 10.6 Å². The van der Waals surface area contributed by atoms with Crippen molar-refractivity contribution in [1.82, 2.24) is 10.6 Å². The van der Waals surface area contributed by atoms with Crippen molar-refractivity contribution in [3.05, 3.63) is 0 Å². The Bertz CT molecular complexity index is 396. The molecule has 112 valence electrons. The summed E-state index contributed by atoms with van der Waals surface area (Å²) >= 11 is 0. The molecule has 0 bridgehead atoms. The molecule has 4 atom stereocenters. The van der Waals surface area contributed by atoms with E-state index in [-0.39, 0.29) is 12.8 Å². The third kappa shape index (κ3) is 3.06. The van der Waals surface area contributed by atoms with Crippen molar-refractivity contribution in [2.75, 3.05) is 14.1 Å². The highest BCUT2D eigenvalue weighted by Crippen LogP contribution is 2.38. The van der Waals surface area contributed by atoms with Crippen LogP contribution in [0.1, 0.15) is 12.8 Å². The van der Waals surface area contributed by atoms with E-state index in [9.17, 15) is 29.4 Å². The van der Waals surface area contributed by atoms with E-state index in [0.29, 0.717) is 0 Å². The molecule has 1 rings (SSSR count). The number of carbonyl (C=O) groups excluding carboxylic acids is 2. The van der Waals surface area contributed by atoms with Gasteiger partial charge in [0.15, 0.2) is 0 Å². The maximum atomic E-state index is 11.7. The fraction of sp³-hybridized carbons (Fsp3) is 0.667. The van der Waals surface area contributed by atoms with Gasteiger partial charge in [0, 0.05) is 14.1 Å². The van der Waals surface area contributed by atoms with Crippen molar-refractivity contribution >= 4 is 23.8 Å². The van der Waals surface area contributed by atoms with E-state index in [4.69, 9.17) is 0 Å². The van der Waals surface area contributed by atoms with Gasteiger partial charge in [-0.1, -0.05) is 0 Å². The first-order valence-electron chi connectivity index (χ1n) is 6.22. The van der Waals surface area contributed by atoms with Gasteiger partial charge >= 0.3 is 11.9 Å². The number of nitrogens with one attached hydrogen (secondary N) is 2. The Hall–Kier alpha value is -2.12. The minimum Gasteiger partial charge on any atom is -0.481 e. The van der Waals surface area contributed by atoms with Crippen LogP contribution in [-0.4, -0.2) is 48.1 Å². The second-order valence-electron chi connectivity index (χ2n) is 4.80. The van der Waals surface area contributed by atoms with Crippen LogP contribution in [0.2, 0.25) is 0 Å². The number of aliphatic carboxylic acids is 2. The zero-order valence-electron chi connectivity index (χ0n) is 11.3. The van der Waals surface area contributed by atoms with Gasteiger partial charge in [0.2, 0.25) is 11.8 Å². The molecular weight excluding hydrogens is 268 g/mol. The third-order valence-electron chi connectivity index (χ3n) is 3.79. The molecule has 2 amide bonds. The highest BCUT2D eigenvalue weighted by Gasteiger charge is 2.48. The van der Waals surface area contributed by atoms with Gasteiger partial charge in [0.05, 0.1) is 23.7 Å². The lowest BCUT2D eigenvalue weighted by Crippen LogP contribution is -2.49. The number of hydrogen-bond donors (Lipinski definition) is 4. The van der Waals surface area contributed by atoms with Crippen LogP contribution in [0, 0.1) is 23.7 Å². The summed E-state index contributed by atoms with van der Waals surface area (Å²) in [6.07, 6.45) is -0.325. The summed E-state index contributed by atoms with van der Waals surface area (Å²) in [5.41, 5.74) is 0. The predicted octanol–water partition coefficient (Wildman–Crippen LogP) is -1.09. The quantitative estimate of drug-likeness (QED) is 0.519. The number of carboxylic acids is 2. The van der Waals surface area contributed by atoms with Gasteiger partial charge in [-0.2, -0.15) is 0 Å². The molecule has 4 N–H and O–H groups in total. The van der Waals surface area contributed by atoms with Crippen molar-refractivity contribution in [3.8, 4) is 0 Å². The molecule has 4 unspecified atom stereocenters. The van der Waals surface area contributed by atoms with Crippen LogP contribution in [0.3, 0.4) is 0 Å². The molecular formula is C12H18N2O6. The summed E-state index contributed by atoms with van der Waals surface area (Å²) < 4.78 is 0. The van der Waals surface area contributed by atoms with Crippen LogP contribution in [0.4, 0.5) is 0 Å². The molecule has 0 heterocycles. The Kier molecular flexibility index (Phi) is 5.06. The lowest BCUT2D eigenvalue weighted by atomic mass is 9.67. The average Bonchev–Trinajstić information content (AvgIpc) is 2.43. The van der Waals surface area contributed by atoms with E-state index in [2.05, 4.69) is 10.6 Å². The van der Waals surface area contributed by atoms with Gasteiger partial charge in [0.25, 0.3) is 0 Å². The maximum absolute atomic E-state index is 11.7. The van der Waals surface area contributed by atoms with Crippen molar-refractivity contribution in [2.45, 2.75) is 12.8 Å². The Morgan fingerprint density at radius 1 is 0.750 bits per heavy atom. The Labute approximate surface area is 115 Å². The molecule has 1 aliphatic carbocycles. The van der Waals surface area contributed by atoms with Crippen molar-refractivity contribution in [2.24, 2.45) is 23.7 Å². The van der Waals surface area contributed by atoms with E-state index in [1.165, 1.54) is 14.1 Å². The van der Waals surface area contributed by atoms with E-state index in [1.54, 1.807) is 0 Å². The topological polar surface area (TPSA) is 133 Å². The zero-order valence-corrected chi connectivity index (χ0v) is 11.3. The van der Waals surface area contributed by atoms with Gasteiger partial charge in [-0.25, -0.2) is 0 Å². The van der Waals surface area contributed by atoms with Crippen LogP contribution >= 0.6 is 0 Å². The number of carboxylic acid groups (broad SMARTS) is 2. The molecule has 0 saturated heterocycles. The second kappa shape index (κ2) is 6.36. The van der Waals surface area contributed by atoms with Crippen LogP contribution in [0.15, 0.2) is 0 Å². The predicted molar refractivity (Wildman–Crippen MR) is 66.6 cm³/mol. The van der Waals surface area contributed by atoms with Crippen molar-refractivity contribution in [3.63, 3.8) is 0 Å². The molecule has 0 aromatic carbocycles. The van der Waals surface area contributed by atoms with E-state index >= 15 is 0 Å². The molecule has 20 heavy (non-hydrogen) atoms. The summed E-state index contributed by atoms with van der Waals surface area (Å²) in [6, 6.07) is 0. The van der Waals surface area contributed by atoms with Crippen molar-refractivity contribution < 1.29 is 29.4 Å². The van der Waals surface area contributed by atoms with Gasteiger partial charge in [-0.3, -0.25) is 19.2 Å². The molecule has 0 spiro atoms. The van der Waals surface area contributed by atoms with Gasteiger partial charge in [-0.15, -0.1) is 0 Å². The molecule has 0 aliphatic heterocycles. The fourth-order valence-corrected chi connectivity index (χ4v) is 2.70. The molecule has 1 saturated carbocycles. The maximum Gasteiger partial charge on any atom is 0.307 e. The summed E-state index contributed by atoms with van der Waals surface area (Å²) in [4.78, 5) is 46.0. The smallest absolute Gasteiger partial charge is 0.307 e. The summed E-state index contributed by atoms with van der Waals surface area (Å²) in [5.74, 6) is -7.44. The normalized spacial score (nSPS) is 29.3. The van der Waals surface area contributed by atoms with Crippen molar-refractivity contribution in [1.29, 1.82) is 0 Å². The molecule has 1 fully saturated rings. The SMILES string of the molecule is CNC(=O)C1CC(C(=O)O)C(C(=O)NC)CC1C(=O)O. The first-order valence-corrected chi connectivity index (χ1v) is 6.22. The molecule has 0 radical (unpaired) electrons. The molecule has 8 nitrogen and oxygen atoms in total. The number of rotatable bonds is 4. The molecule has 1 aliphatic rings. The molecule has 8 heteroatoms. The lowest BCUT2D eigenvalue weighted by molar-refractivity contribution is -0.159. The third-order valence-corrected chi connectivity index (χ3v) is 3.79. The first-order chi connectivity index (χ1) is 9.33. The number of hydrogen-bond acceptors (Lipinski definition) is 4. The largest absolute Gasteiger partial charge is 0.481 e. The fourth-order valence-electron chi connectivity index (χ4n) is 2.70. The Morgan fingerprint density at radius 3 is 1.25 bits per heavy atom. The Balaban J connectivity index is 3.09. The first kappa shape index (κ1) is 15.9. The summed E-state index contributed by atoms with van der Waals surface area (Å²) in [7, 11) is 2.73. The van der Waals surface area contributed by atoms with Crippen LogP contribution in [0.25, 0.3) is 0 Å². The summed E-state index contributed by atoms with van der Waals surface area (Å²) in [6.45, 7) is 0. The Morgan fingerprint density at radius 2 is 1.05 bits per heavy atom. The van der Waals surface area contributed by atoms with Crippen LogP contribution in [0.5, 0.6) is 0 Å². The minimum atomic E-state index is -1.20. The number of amides is 2. The van der Waals surface area contributed by atoms with Gasteiger partial charge in [0.1, 0.15) is 0 Å². The second-order valence-corrected chi connectivity index (χ2v) is 4.80. The average molecular weight is 286 g/mol. The monoisotopic (exact) mass is 286 g/mol. The van der Waals surface area contributed by atoms with E-state index in [0.717, 1.165) is 0 Å². The van der Waals surface area contributed by atoms with E-state index in [1.807, 2.05) is 0 Å². The summed E-state index contributed by atoms with van der Waals surface area (Å²) in [5, 5.41) is 23.1. The van der Waals surface area contributed by atoms with Crippen LogP contribution in [-0.2, 0) is 19.2 Å². The zero-order chi connectivity index (χ0) is 15.4. The molecule has 0 aromatic heterocycles. The molecule has 0 aromatic rings. The highest BCUT2D eigenvalue weighted by molar-refractivity contribution is 5.89. The lowest BCUT2D eigenvalue weighted by Gasteiger charge is -2.35. The standard InChI is InChI=1S/C12H18N2O6/c1-13-9(15)5-3-8(12(19)20)6(10(16)14-2)4-7(5)11(17)18/h5-8H,3-4H2,1-2H3,(H,13,15)(H,14,16)(H,17,18)(H,19,20). The number of carbonyl (C=O) groups is 4. The minimum absolute atomic E-state index is 0.163. The van der Waals surface area contributed by atoms with E-state index < -0.39 is 47.4 Å². The highest BCUT2D eigenvalue weighted by atomic mass is 16.4. The van der Waals surface area contributed by atoms with Gasteiger partial charge < -0.3 is 20.8 Å². The van der Waals surface area contributed by atoms with Gasteiger partial charge in [-0.05, 0) is 12.8 Å².